The van der Waals surface area contributed by atoms with Crippen molar-refractivity contribution >= 4 is 11.3 Å². The Morgan fingerprint density at radius 2 is 2.00 bits per heavy atom. The van der Waals surface area contributed by atoms with Crippen molar-refractivity contribution in [1.82, 2.24) is 14.8 Å². The van der Waals surface area contributed by atoms with Crippen LogP contribution in [0.3, 0.4) is 0 Å². The summed E-state index contributed by atoms with van der Waals surface area (Å²) < 4.78 is 1.94. The summed E-state index contributed by atoms with van der Waals surface area (Å²) in [7, 11) is 1.98. The summed E-state index contributed by atoms with van der Waals surface area (Å²) in [6, 6.07) is 2.12. The highest BCUT2D eigenvalue weighted by Crippen LogP contribution is 2.26. The first kappa shape index (κ1) is 10.4. The summed E-state index contributed by atoms with van der Waals surface area (Å²) in [4.78, 5) is 4.27. The summed E-state index contributed by atoms with van der Waals surface area (Å²) in [5.74, 6) is 0. The summed E-state index contributed by atoms with van der Waals surface area (Å²) in [5.41, 5.74) is 5.11. The van der Waals surface area contributed by atoms with Gasteiger partial charge in [-0.2, -0.15) is 5.10 Å². The van der Waals surface area contributed by atoms with E-state index in [4.69, 9.17) is 0 Å². The number of rotatable bonds is 1. The van der Waals surface area contributed by atoms with Crippen LogP contribution < -0.4 is 0 Å². The van der Waals surface area contributed by atoms with Crippen LogP contribution in [0.2, 0.25) is 0 Å². The largest absolute Gasteiger partial charge is 0.271 e. The summed E-state index contributed by atoms with van der Waals surface area (Å²) in [6.07, 6.45) is 0. The number of aryl methyl sites for hydroxylation is 1. The third kappa shape index (κ3) is 1.95. The molecule has 0 radical (unpaired) electrons. The number of hydrogen-bond donors (Lipinski definition) is 0. The molecule has 0 saturated heterocycles. The normalized spacial score (nSPS) is 12.0. The smallest absolute Gasteiger partial charge is 0.112 e. The Morgan fingerprint density at radius 1 is 1.27 bits per heavy atom. The van der Waals surface area contributed by atoms with Gasteiger partial charge in [0.25, 0.3) is 0 Å². The molecule has 3 nitrogen and oxygen atoms in total. The van der Waals surface area contributed by atoms with Gasteiger partial charge in [-0.25, -0.2) is 4.98 Å². The van der Waals surface area contributed by atoms with Crippen molar-refractivity contribution in [2.45, 2.75) is 26.2 Å². The second-order valence-electron chi connectivity index (χ2n) is 4.66. The lowest BCUT2D eigenvalue weighted by Crippen LogP contribution is -2.16. The number of aromatic nitrogens is 3. The highest BCUT2D eigenvalue weighted by Gasteiger charge is 2.20. The zero-order valence-corrected chi connectivity index (χ0v) is 10.3. The molecule has 0 spiro atoms. The zero-order chi connectivity index (χ0) is 11.1. The summed E-state index contributed by atoms with van der Waals surface area (Å²) in [5, 5.41) is 6.50. The van der Waals surface area contributed by atoms with Gasteiger partial charge in [0.15, 0.2) is 0 Å². The molecular formula is C11H15N3S. The fraction of sp³-hybridized carbons (Fsp3) is 0.455. The quantitative estimate of drug-likeness (QED) is 0.741. The van der Waals surface area contributed by atoms with Gasteiger partial charge in [0.1, 0.15) is 11.4 Å². The molecule has 2 aromatic heterocycles. The molecule has 0 aliphatic heterocycles. The van der Waals surface area contributed by atoms with Crippen molar-refractivity contribution in [3.8, 4) is 11.4 Å². The summed E-state index contributed by atoms with van der Waals surface area (Å²) >= 11 is 1.60. The molecule has 0 aliphatic carbocycles. The van der Waals surface area contributed by atoms with Crippen LogP contribution in [-0.2, 0) is 12.5 Å². The number of thiazole rings is 1. The van der Waals surface area contributed by atoms with E-state index in [2.05, 4.69) is 36.9 Å². The SMILES string of the molecule is Cn1nc(-c2cscn2)cc1C(C)(C)C. The molecular weight excluding hydrogens is 206 g/mol. The van der Waals surface area contributed by atoms with Crippen LogP contribution in [0.1, 0.15) is 26.5 Å². The van der Waals surface area contributed by atoms with E-state index in [1.165, 1.54) is 5.69 Å². The van der Waals surface area contributed by atoms with Crippen LogP contribution in [-0.4, -0.2) is 14.8 Å². The van der Waals surface area contributed by atoms with Crippen molar-refractivity contribution in [3.63, 3.8) is 0 Å². The molecule has 0 N–H and O–H groups in total. The molecule has 0 unspecified atom stereocenters. The minimum absolute atomic E-state index is 0.121. The fourth-order valence-electron chi connectivity index (χ4n) is 1.63. The average Bonchev–Trinajstić information content (AvgIpc) is 2.68. The van der Waals surface area contributed by atoms with E-state index in [-0.39, 0.29) is 5.41 Å². The van der Waals surface area contributed by atoms with Crippen molar-refractivity contribution in [2.75, 3.05) is 0 Å². The molecule has 0 amide bonds. The average molecular weight is 221 g/mol. The summed E-state index contributed by atoms with van der Waals surface area (Å²) in [6.45, 7) is 6.57. The Balaban J connectivity index is 2.47. The molecule has 0 aromatic carbocycles. The van der Waals surface area contributed by atoms with E-state index >= 15 is 0 Å². The molecule has 0 aliphatic rings. The van der Waals surface area contributed by atoms with Gasteiger partial charge in [-0.3, -0.25) is 4.68 Å². The topological polar surface area (TPSA) is 30.7 Å². The van der Waals surface area contributed by atoms with Crippen LogP contribution in [0.25, 0.3) is 11.4 Å². The molecule has 0 fully saturated rings. The highest BCUT2D eigenvalue weighted by atomic mass is 32.1. The maximum Gasteiger partial charge on any atom is 0.112 e. The van der Waals surface area contributed by atoms with Gasteiger partial charge in [-0.1, -0.05) is 20.8 Å². The van der Waals surface area contributed by atoms with Gasteiger partial charge < -0.3 is 0 Å². The maximum atomic E-state index is 4.48. The Labute approximate surface area is 93.8 Å². The van der Waals surface area contributed by atoms with E-state index in [1.807, 2.05) is 22.6 Å². The van der Waals surface area contributed by atoms with Crippen LogP contribution in [0, 0.1) is 0 Å². The molecule has 0 atom stereocenters. The van der Waals surface area contributed by atoms with E-state index < -0.39 is 0 Å². The predicted molar refractivity (Wildman–Crippen MR) is 63.0 cm³/mol. The van der Waals surface area contributed by atoms with E-state index in [0.29, 0.717) is 0 Å². The highest BCUT2D eigenvalue weighted by molar-refractivity contribution is 7.07. The Bertz CT molecular complexity index is 449. The molecule has 80 valence electrons. The second kappa shape index (κ2) is 3.45. The lowest BCUT2D eigenvalue weighted by atomic mass is 9.92. The van der Waals surface area contributed by atoms with Crippen molar-refractivity contribution in [3.05, 3.63) is 22.7 Å². The monoisotopic (exact) mass is 221 g/mol. The third-order valence-corrected chi connectivity index (χ3v) is 2.93. The molecule has 2 heterocycles. The van der Waals surface area contributed by atoms with Crippen molar-refractivity contribution < 1.29 is 0 Å². The lowest BCUT2D eigenvalue weighted by Gasteiger charge is -2.17. The van der Waals surface area contributed by atoms with Crippen LogP contribution in [0.5, 0.6) is 0 Å². The minimum Gasteiger partial charge on any atom is -0.271 e. The van der Waals surface area contributed by atoms with E-state index in [1.54, 1.807) is 11.3 Å². The molecule has 0 bridgehead atoms. The van der Waals surface area contributed by atoms with Gasteiger partial charge >= 0.3 is 0 Å². The first-order valence-electron chi connectivity index (χ1n) is 4.91. The predicted octanol–water partition coefficient (Wildman–Crippen LogP) is 2.84. The first-order chi connectivity index (χ1) is 6.98. The van der Waals surface area contributed by atoms with Crippen LogP contribution >= 0.6 is 11.3 Å². The lowest BCUT2D eigenvalue weighted by molar-refractivity contribution is 0.523. The first-order valence-corrected chi connectivity index (χ1v) is 5.86. The van der Waals surface area contributed by atoms with Crippen molar-refractivity contribution in [1.29, 1.82) is 0 Å². The Hall–Kier alpha value is -1.16. The van der Waals surface area contributed by atoms with Gasteiger partial charge in [0.2, 0.25) is 0 Å². The maximum absolute atomic E-state index is 4.48. The molecule has 2 aromatic rings. The zero-order valence-electron chi connectivity index (χ0n) is 9.48. The fourth-order valence-corrected chi connectivity index (χ4v) is 2.18. The number of hydrogen-bond acceptors (Lipinski definition) is 3. The van der Waals surface area contributed by atoms with Gasteiger partial charge in [0, 0.05) is 23.5 Å². The molecule has 15 heavy (non-hydrogen) atoms. The Morgan fingerprint density at radius 3 is 2.47 bits per heavy atom. The molecule has 2 rings (SSSR count). The van der Waals surface area contributed by atoms with Crippen LogP contribution in [0.15, 0.2) is 17.0 Å². The van der Waals surface area contributed by atoms with Gasteiger partial charge in [-0.15, -0.1) is 11.3 Å². The van der Waals surface area contributed by atoms with Crippen molar-refractivity contribution in [2.24, 2.45) is 7.05 Å². The third-order valence-electron chi connectivity index (χ3n) is 2.34. The van der Waals surface area contributed by atoms with Crippen LogP contribution in [0.4, 0.5) is 0 Å². The van der Waals surface area contributed by atoms with E-state index in [9.17, 15) is 0 Å². The van der Waals surface area contributed by atoms with E-state index in [0.717, 1.165) is 11.4 Å². The Kier molecular flexibility index (Phi) is 2.38. The molecule has 0 saturated carbocycles. The van der Waals surface area contributed by atoms with Gasteiger partial charge in [0.05, 0.1) is 5.51 Å². The number of nitrogens with zero attached hydrogens (tertiary/aromatic N) is 3. The minimum atomic E-state index is 0.121. The second-order valence-corrected chi connectivity index (χ2v) is 5.38. The standard InChI is InChI=1S/C11H15N3S/c1-11(2,3)10-5-8(13-14(10)4)9-6-15-7-12-9/h5-7H,1-4H3. The molecule has 4 heteroatoms. The van der Waals surface area contributed by atoms with Gasteiger partial charge in [-0.05, 0) is 6.07 Å².